The van der Waals surface area contributed by atoms with Gasteiger partial charge in [-0.1, -0.05) is 12.1 Å². The van der Waals surface area contributed by atoms with E-state index in [2.05, 4.69) is 14.7 Å². The van der Waals surface area contributed by atoms with Gasteiger partial charge in [0.1, 0.15) is 11.9 Å². The van der Waals surface area contributed by atoms with Gasteiger partial charge < -0.3 is 31.2 Å². The van der Waals surface area contributed by atoms with Gasteiger partial charge in [0.2, 0.25) is 18.1 Å². The Labute approximate surface area is 137 Å². The summed E-state index contributed by atoms with van der Waals surface area (Å²) in [4.78, 5) is 19.4. The molecule has 2 atom stereocenters. The monoisotopic (exact) mass is 334 g/mol. The molecule has 0 amide bonds. The van der Waals surface area contributed by atoms with Crippen LogP contribution in [0.4, 0.5) is 11.8 Å². The number of ether oxygens (including phenoxy) is 2. The molecule has 0 aliphatic carbocycles. The Morgan fingerprint density at radius 2 is 1.96 bits per heavy atom. The summed E-state index contributed by atoms with van der Waals surface area (Å²) in [5.74, 6) is -0.806. The lowest BCUT2D eigenvalue weighted by atomic mass is 10.0. The average Bonchev–Trinajstić information content (AvgIpc) is 2.53. The zero-order chi connectivity index (χ0) is 17.9. The first-order valence-electron chi connectivity index (χ1n) is 6.98. The van der Waals surface area contributed by atoms with Gasteiger partial charge >= 0.3 is 5.97 Å². The van der Waals surface area contributed by atoms with Crippen LogP contribution in [0.2, 0.25) is 0 Å². The van der Waals surface area contributed by atoms with E-state index >= 15 is 0 Å². The van der Waals surface area contributed by atoms with Crippen LogP contribution in [0.3, 0.4) is 0 Å². The molecule has 0 spiro atoms. The Morgan fingerprint density at radius 3 is 2.58 bits per heavy atom. The number of methoxy groups -OCH3 is 1. The summed E-state index contributed by atoms with van der Waals surface area (Å²) in [5, 5.41) is 19.1. The first-order valence-corrected chi connectivity index (χ1v) is 6.98. The quantitative estimate of drug-likeness (QED) is 0.442. The highest BCUT2D eigenvalue weighted by atomic mass is 16.6. The normalized spacial score (nSPS) is 13.2. The van der Waals surface area contributed by atoms with Gasteiger partial charge in [-0.15, -0.1) is 0 Å². The van der Waals surface area contributed by atoms with Gasteiger partial charge in [0.15, 0.2) is 0 Å². The zero-order valence-electron chi connectivity index (χ0n) is 13.1. The van der Waals surface area contributed by atoms with E-state index in [9.17, 15) is 15.0 Å². The van der Waals surface area contributed by atoms with Gasteiger partial charge in [0, 0.05) is 0 Å². The zero-order valence-corrected chi connectivity index (χ0v) is 13.1. The molecule has 1 aromatic heterocycles. The molecule has 9 nitrogen and oxygen atoms in total. The molecule has 9 heteroatoms. The highest BCUT2D eigenvalue weighted by Crippen LogP contribution is 2.34. The Balaban J connectivity index is 2.55. The number of esters is 1. The van der Waals surface area contributed by atoms with Crippen molar-refractivity contribution in [1.29, 1.82) is 0 Å². The third kappa shape index (κ3) is 3.70. The molecule has 1 aromatic carbocycles. The van der Waals surface area contributed by atoms with Crippen LogP contribution in [0.5, 0.6) is 5.88 Å². The van der Waals surface area contributed by atoms with E-state index in [0.717, 1.165) is 0 Å². The van der Waals surface area contributed by atoms with Crippen molar-refractivity contribution in [2.24, 2.45) is 0 Å². The van der Waals surface area contributed by atoms with E-state index in [1.54, 1.807) is 18.2 Å². The Bertz CT molecular complexity index is 751. The van der Waals surface area contributed by atoms with Crippen LogP contribution in [0.1, 0.15) is 17.3 Å². The van der Waals surface area contributed by atoms with Gasteiger partial charge in [0.05, 0.1) is 18.2 Å². The average molecular weight is 334 g/mol. The molecule has 0 saturated carbocycles. The number of hydrogen-bond donors (Lipinski definition) is 4. The molecule has 0 radical (unpaired) electrons. The number of benzene rings is 1. The first kappa shape index (κ1) is 17.4. The number of aliphatic hydroxyl groups is 2. The lowest BCUT2D eigenvalue weighted by molar-refractivity contribution is -0.0976. The van der Waals surface area contributed by atoms with E-state index in [4.69, 9.17) is 16.2 Å². The van der Waals surface area contributed by atoms with E-state index in [0.29, 0.717) is 5.56 Å². The second kappa shape index (κ2) is 7.11. The van der Waals surface area contributed by atoms with Crippen LogP contribution >= 0.6 is 0 Å². The van der Waals surface area contributed by atoms with Crippen LogP contribution in [0.15, 0.2) is 24.3 Å². The summed E-state index contributed by atoms with van der Waals surface area (Å²) in [6.07, 6.45) is -2.71. The third-order valence-corrected chi connectivity index (χ3v) is 3.14. The van der Waals surface area contributed by atoms with Crippen molar-refractivity contribution in [2.45, 2.75) is 19.3 Å². The fourth-order valence-electron chi connectivity index (χ4n) is 1.96. The fraction of sp³-hybridized carbons (Fsp3) is 0.267. The number of aromatic nitrogens is 2. The first-order chi connectivity index (χ1) is 11.3. The van der Waals surface area contributed by atoms with Crippen molar-refractivity contribution >= 4 is 17.7 Å². The van der Waals surface area contributed by atoms with Gasteiger partial charge in [-0.2, -0.15) is 9.97 Å². The molecular formula is C15H18N4O5. The Hall–Kier alpha value is -2.91. The summed E-state index contributed by atoms with van der Waals surface area (Å²) in [5.41, 5.74) is 12.4. The van der Waals surface area contributed by atoms with E-state index in [-0.39, 0.29) is 28.8 Å². The predicted octanol–water partition coefficient (Wildman–Crippen LogP) is 0.173. The maximum Gasteiger partial charge on any atom is 0.337 e. The number of nitrogen functional groups attached to an aromatic ring is 2. The molecular weight excluding hydrogens is 316 g/mol. The molecule has 0 aliphatic heterocycles. The topological polar surface area (TPSA) is 154 Å². The van der Waals surface area contributed by atoms with Crippen LogP contribution in [0, 0.1) is 0 Å². The largest absolute Gasteiger partial charge is 0.465 e. The highest BCUT2D eigenvalue weighted by Gasteiger charge is 2.21. The number of carbonyl (C=O) groups excluding carboxylic acids is 1. The molecule has 0 bridgehead atoms. The van der Waals surface area contributed by atoms with E-state index < -0.39 is 18.4 Å². The Kier molecular flexibility index (Phi) is 5.17. The van der Waals surface area contributed by atoms with Crippen LogP contribution in [0.25, 0.3) is 11.1 Å². The molecule has 2 rings (SSSR count). The van der Waals surface area contributed by atoms with Gasteiger partial charge in [-0.25, -0.2) is 4.79 Å². The smallest absolute Gasteiger partial charge is 0.337 e. The molecule has 6 N–H and O–H groups in total. The molecule has 0 saturated heterocycles. The standard InChI is InChI=1S/C15H18N4O5/c1-7(20)13(21)24-12-10(11(16)18-15(17)19-12)8-4-3-5-9(6-8)14(22)23-2/h3-7,13,20-21H,1-2H3,(H4,16,17,18,19)/t7?,13-/m1/s1. The number of anilines is 2. The SMILES string of the molecule is COC(=O)c1cccc(-c2c(N)nc(N)nc2O[C@@H](O)C(C)O)c1. The van der Waals surface area contributed by atoms with Gasteiger partial charge in [0.25, 0.3) is 0 Å². The minimum Gasteiger partial charge on any atom is -0.465 e. The minimum absolute atomic E-state index is 0.00249. The molecule has 1 heterocycles. The van der Waals surface area contributed by atoms with Crippen LogP contribution in [-0.4, -0.2) is 45.7 Å². The predicted molar refractivity (Wildman–Crippen MR) is 85.9 cm³/mol. The number of rotatable bonds is 5. The fourth-order valence-corrected chi connectivity index (χ4v) is 1.96. The van der Waals surface area contributed by atoms with Crippen molar-refractivity contribution < 1.29 is 24.5 Å². The molecule has 128 valence electrons. The lowest BCUT2D eigenvalue weighted by Gasteiger charge is -2.18. The number of carbonyl (C=O) groups is 1. The number of hydrogen-bond acceptors (Lipinski definition) is 9. The van der Waals surface area contributed by atoms with E-state index in [1.165, 1.54) is 20.1 Å². The van der Waals surface area contributed by atoms with Gasteiger partial charge in [-0.3, -0.25) is 0 Å². The highest BCUT2D eigenvalue weighted by molar-refractivity contribution is 5.92. The molecule has 0 fully saturated rings. The van der Waals surface area contributed by atoms with Crippen molar-refractivity contribution in [3.63, 3.8) is 0 Å². The molecule has 0 aliphatic rings. The summed E-state index contributed by atoms with van der Waals surface area (Å²) >= 11 is 0. The van der Waals surface area contributed by atoms with Crippen molar-refractivity contribution in [1.82, 2.24) is 9.97 Å². The molecule has 1 unspecified atom stereocenters. The second-order valence-corrected chi connectivity index (χ2v) is 4.97. The summed E-state index contributed by atoms with van der Waals surface area (Å²) in [6.45, 7) is 1.34. The Morgan fingerprint density at radius 1 is 1.25 bits per heavy atom. The maximum atomic E-state index is 11.7. The maximum absolute atomic E-state index is 11.7. The summed E-state index contributed by atoms with van der Waals surface area (Å²) < 4.78 is 9.90. The van der Waals surface area contributed by atoms with E-state index in [1.807, 2.05) is 0 Å². The molecule has 24 heavy (non-hydrogen) atoms. The summed E-state index contributed by atoms with van der Waals surface area (Å²) in [6, 6.07) is 6.35. The summed E-state index contributed by atoms with van der Waals surface area (Å²) in [7, 11) is 1.27. The van der Waals surface area contributed by atoms with Crippen LogP contribution < -0.4 is 16.2 Å². The van der Waals surface area contributed by atoms with Crippen LogP contribution in [-0.2, 0) is 4.74 Å². The number of nitrogens with zero attached hydrogens (tertiary/aromatic N) is 2. The number of aliphatic hydroxyl groups excluding tert-OH is 2. The second-order valence-electron chi connectivity index (χ2n) is 4.97. The lowest BCUT2D eigenvalue weighted by Crippen LogP contribution is -2.29. The van der Waals surface area contributed by atoms with Crippen molar-refractivity contribution in [3.05, 3.63) is 29.8 Å². The minimum atomic E-state index is -1.54. The number of nitrogens with two attached hydrogens (primary N) is 2. The van der Waals surface area contributed by atoms with Gasteiger partial charge in [-0.05, 0) is 24.6 Å². The third-order valence-electron chi connectivity index (χ3n) is 3.14. The van der Waals surface area contributed by atoms with Crippen molar-refractivity contribution in [3.8, 4) is 17.0 Å². The molecule has 2 aromatic rings. The van der Waals surface area contributed by atoms with Crippen molar-refractivity contribution in [2.75, 3.05) is 18.6 Å².